The molecule has 0 saturated carbocycles. The summed E-state index contributed by atoms with van der Waals surface area (Å²) in [5, 5.41) is 6.31. The number of thioether (sulfide) groups is 1. The molecular formula is C23H25N3O2S2. The number of hydrogen-bond acceptors (Lipinski definition) is 6. The number of ketones is 1. The molecule has 156 valence electrons. The monoisotopic (exact) mass is 439 g/mol. The molecule has 2 aromatic rings. The van der Waals surface area contributed by atoms with Gasteiger partial charge in [0.25, 0.3) is 5.91 Å². The molecule has 0 fully saturated rings. The number of Topliss-reactive ketones (excluding diaryl/α,β-unsaturated/α-hetero) is 1. The lowest BCUT2D eigenvalue weighted by atomic mass is 9.75. The van der Waals surface area contributed by atoms with Gasteiger partial charge in [0.2, 0.25) is 0 Å². The van der Waals surface area contributed by atoms with Crippen LogP contribution >= 0.6 is 23.1 Å². The maximum absolute atomic E-state index is 13.4. The molecule has 2 aliphatic rings. The number of aryl methyl sites for hydroxylation is 2. The molecule has 0 saturated heterocycles. The van der Waals surface area contributed by atoms with Gasteiger partial charge in [-0.15, -0.1) is 23.1 Å². The summed E-state index contributed by atoms with van der Waals surface area (Å²) in [7, 11) is 0. The Kier molecular flexibility index (Phi) is 5.84. The summed E-state index contributed by atoms with van der Waals surface area (Å²) >= 11 is 3.38. The van der Waals surface area contributed by atoms with E-state index < -0.39 is 0 Å². The van der Waals surface area contributed by atoms with E-state index >= 15 is 0 Å². The van der Waals surface area contributed by atoms with Crippen LogP contribution in [0.2, 0.25) is 0 Å². The number of anilines is 1. The van der Waals surface area contributed by atoms with Crippen LogP contribution in [0.15, 0.2) is 51.1 Å². The second kappa shape index (κ2) is 8.40. The summed E-state index contributed by atoms with van der Waals surface area (Å²) in [5.74, 6) is 0.0657. The van der Waals surface area contributed by atoms with Gasteiger partial charge in [-0.25, -0.2) is 4.98 Å². The van der Waals surface area contributed by atoms with Gasteiger partial charge in [0, 0.05) is 46.0 Å². The standard InChI is InChI=1S/C23H25N3O2S2/c1-12-8-9-18(24-11-12)26-22(28)19-14(3)25-16-6-5-7-17(27)21(16)20(19)15-10-13(2)30-23(15)29-4/h8-11,20,25H,5-7H2,1-4H3,(H,24,26,28)/t20-/m1/s1. The van der Waals surface area contributed by atoms with E-state index in [-0.39, 0.29) is 17.6 Å². The molecule has 1 atom stereocenters. The number of hydrogen-bond donors (Lipinski definition) is 2. The topological polar surface area (TPSA) is 71.1 Å². The van der Waals surface area contributed by atoms with Crippen molar-refractivity contribution < 1.29 is 9.59 Å². The first-order chi connectivity index (χ1) is 14.4. The van der Waals surface area contributed by atoms with Crippen molar-refractivity contribution in [2.75, 3.05) is 11.6 Å². The number of thiophene rings is 1. The highest BCUT2D eigenvalue weighted by atomic mass is 32.2. The van der Waals surface area contributed by atoms with Crippen LogP contribution < -0.4 is 10.6 Å². The number of carbonyl (C=O) groups is 2. The van der Waals surface area contributed by atoms with Gasteiger partial charge in [0.05, 0.1) is 4.21 Å². The Morgan fingerprint density at radius 1 is 1.27 bits per heavy atom. The Hall–Kier alpha value is -2.38. The molecule has 30 heavy (non-hydrogen) atoms. The fourth-order valence-electron chi connectivity index (χ4n) is 4.19. The summed E-state index contributed by atoms with van der Waals surface area (Å²) < 4.78 is 1.15. The van der Waals surface area contributed by atoms with Crippen LogP contribution in [0, 0.1) is 13.8 Å². The molecule has 2 N–H and O–H groups in total. The normalized spacial score (nSPS) is 18.9. The smallest absolute Gasteiger partial charge is 0.255 e. The van der Waals surface area contributed by atoms with Crippen molar-refractivity contribution in [3.8, 4) is 0 Å². The first-order valence-electron chi connectivity index (χ1n) is 10.0. The van der Waals surface area contributed by atoms with Crippen LogP contribution in [-0.4, -0.2) is 22.9 Å². The van der Waals surface area contributed by atoms with Crippen LogP contribution in [-0.2, 0) is 9.59 Å². The maximum atomic E-state index is 13.4. The van der Waals surface area contributed by atoms with Gasteiger partial charge in [-0.2, -0.15) is 0 Å². The average Bonchev–Trinajstić information content (AvgIpc) is 3.09. The third-order valence-electron chi connectivity index (χ3n) is 5.52. The van der Waals surface area contributed by atoms with E-state index in [1.165, 1.54) is 4.88 Å². The Morgan fingerprint density at radius 2 is 2.07 bits per heavy atom. The Balaban J connectivity index is 1.81. The van der Waals surface area contributed by atoms with E-state index in [0.29, 0.717) is 17.8 Å². The Bertz CT molecular complexity index is 1080. The molecule has 0 spiro atoms. The van der Waals surface area contributed by atoms with Gasteiger partial charge < -0.3 is 10.6 Å². The molecular weight excluding hydrogens is 414 g/mol. The molecule has 2 aromatic heterocycles. The van der Waals surface area contributed by atoms with Crippen molar-refractivity contribution in [3.63, 3.8) is 0 Å². The van der Waals surface area contributed by atoms with Crippen molar-refractivity contribution in [3.05, 3.63) is 62.9 Å². The molecule has 0 unspecified atom stereocenters. The number of nitrogens with zero attached hydrogens (tertiary/aromatic N) is 1. The Morgan fingerprint density at radius 3 is 2.77 bits per heavy atom. The minimum atomic E-state index is -0.355. The second-order valence-electron chi connectivity index (χ2n) is 7.74. The third-order valence-corrected chi connectivity index (χ3v) is 7.74. The molecule has 1 aliphatic heterocycles. The molecule has 0 radical (unpaired) electrons. The number of aromatic nitrogens is 1. The van der Waals surface area contributed by atoms with Crippen LogP contribution in [0.1, 0.15) is 48.1 Å². The molecule has 7 heteroatoms. The number of dihydropyridines is 1. The number of amides is 1. The first-order valence-corrected chi connectivity index (χ1v) is 12.1. The number of pyridine rings is 1. The molecule has 1 aliphatic carbocycles. The van der Waals surface area contributed by atoms with Crippen molar-refractivity contribution in [2.24, 2.45) is 0 Å². The quantitative estimate of drug-likeness (QED) is 0.650. The van der Waals surface area contributed by atoms with Gasteiger partial charge in [-0.3, -0.25) is 9.59 Å². The lowest BCUT2D eigenvalue weighted by Gasteiger charge is -2.34. The number of rotatable bonds is 4. The molecule has 4 rings (SSSR count). The van der Waals surface area contributed by atoms with Crippen molar-refractivity contribution in [2.45, 2.75) is 50.2 Å². The van der Waals surface area contributed by atoms with Gasteiger partial charge in [-0.1, -0.05) is 6.07 Å². The first kappa shape index (κ1) is 20.9. The highest BCUT2D eigenvalue weighted by Gasteiger charge is 2.39. The van der Waals surface area contributed by atoms with Crippen LogP contribution in [0.25, 0.3) is 0 Å². The minimum Gasteiger partial charge on any atom is -0.362 e. The number of allylic oxidation sites excluding steroid dienone is 3. The molecule has 5 nitrogen and oxygen atoms in total. The summed E-state index contributed by atoms with van der Waals surface area (Å²) in [4.78, 5) is 32.0. The van der Waals surface area contributed by atoms with E-state index in [1.54, 1.807) is 35.4 Å². The summed E-state index contributed by atoms with van der Waals surface area (Å²) in [6.45, 7) is 5.95. The van der Waals surface area contributed by atoms with Gasteiger partial charge in [0.1, 0.15) is 5.82 Å². The number of carbonyl (C=O) groups excluding carboxylic acids is 2. The zero-order valence-corrected chi connectivity index (χ0v) is 19.2. The van der Waals surface area contributed by atoms with Crippen molar-refractivity contribution in [1.82, 2.24) is 10.3 Å². The van der Waals surface area contributed by atoms with Gasteiger partial charge in [0.15, 0.2) is 5.78 Å². The Labute approximate surface area is 185 Å². The highest BCUT2D eigenvalue weighted by molar-refractivity contribution is 8.00. The summed E-state index contributed by atoms with van der Waals surface area (Å²) in [5.41, 5.74) is 5.20. The van der Waals surface area contributed by atoms with Crippen LogP contribution in [0.5, 0.6) is 0 Å². The van der Waals surface area contributed by atoms with Gasteiger partial charge >= 0.3 is 0 Å². The fourth-order valence-corrected chi connectivity index (χ4v) is 6.11. The van der Waals surface area contributed by atoms with Crippen molar-refractivity contribution in [1.29, 1.82) is 0 Å². The largest absolute Gasteiger partial charge is 0.362 e. The number of nitrogens with one attached hydrogen (secondary N) is 2. The van der Waals surface area contributed by atoms with E-state index in [1.807, 2.05) is 26.2 Å². The van der Waals surface area contributed by atoms with E-state index in [2.05, 4.69) is 28.6 Å². The SMILES string of the molecule is CSc1sc(C)cc1[C@@H]1C(C(=O)Nc2ccc(C)cn2)=C(C)NC2=C1C(=O)CCC2. The summed E-state index contributed by atoms with van der Waals surface area (Å²) in [6, 6.07) is 5.84. The predicted molar refractivity (Wildman–Crippen MR) is 123 cm³/mol. The van der Waals surface area contributed by atoms with E-state index in [0.717, 1.165) is 45.1 Å². The van der Waals surface area contributed by atoms with Crippen LogP contribution in [0.3, 0.4) is 0 Å². The highest BCUT2D eigenvalue weighted by Crippen LogP contribution is 2.47. The van der Waals surface area contributed by atoms with E-state index in [4.69, 9.17) is 0 Å². The molecule has 3 heterocycles. The lowest BCUT2D eigenvalue weighted by Crippen LogP contribution is -2.35. The van der Waals surface area contributed by atoms with Gasteiger partial charge in [-0.05, 0) is 63.1 Å². The van der Waals surface area contributed by atoms with E-state index in [9.17, 15) is 9.59 Å². The molecule has 0 bridgehead atoms. The minimum absolute atomic E-state index is 0.135. The molecule has 1 amide bonds. The average molecular weight is 440 g/mol. The second-order valence-corrected chi connectivity index (χ2v) is 10.1. The zero-order valence-electron chi connectivity index (χ0n) is 17.6. The molecule has 0 aromatic carbocycles. The third kappa shape index (κ3) is 3.84. The van der Waals surface area contributed by atoms with Crippen LogP contribution in [0.4, 0.5) is 5.82 Å². The summed E-state index contributed by atoms with van der Waals surface area (Å²) in [6.07, 6.45) is 5.98. The fraction of sp³-hybridized carbons (Fsp3) is 0.348. The lowest BCUT2D eigenvalue weighted by molar-refractivity contribution is -0.116. The van der Waals surface area contributed by atoms with Crippen molar-refractivity contribution >= 4 is 40.6 Å². The predicted octanol–water partition coefficient (Wildman–Crippen LogP) is 5.09. The maximum Gasteiger partial charge on any atom is 0.255 e. The zero-order chi connectivity index (χ0) is 21.4.